The molecule has 0 spiro atoms. The van der Waals surface area contributed by atoms with Gasteiger partial charge in [0.25, 0.3) is 0 Å². The highest BCUT2D eigenvalue weighted by Crippen LogP contribution is 2.27. The second-order valence-electron chi connectivity index (χ2n) is 5.60. The van der Waals surface area contributed by atoms with E-state index in [1.54, 1.807) is 0 Å². The van der Waals surface area contributed by atoms with Crippen molar-refractivity contribution < 1.29 is 4.79 Å². The number of amides is 2. The maximum atomic E-state index is 12.0. The Labute approximate surface area is 148 Å². The number of aromatic amines is 1. The number of benzene rings is 2. The van der Waals surface area contributed by atoms with Gasteiger partial charge < -0.3 is 10.3 Å². The molecule has 0 saturated heterocycles. The van der Waals surface area contributed by atoms with E-state index in [0.717, 1.165) is 27.9 Å². The zero-order valence-electron chi connectivity index (χ0n) is 13.3. The predicted octanol–water partition coefficient (Wildman–Crippen LogP) is 4.61. The molecule has 0 radical (unpaired) electrons. The first-order valence-corrected chi connectivity index (χ1v) is 8.78. The number of para-hydroxylation sites is 1. The molecule has 4 aromatic rings. The van der Waals surface area contributed by atoms with Crippen molar-refractivity contribution >= 4 is 33.4 Å². The van der Waals surface area contributed by atoms with E-state index in [2.05, 4.69) is 32.7 Å². The summed E-state index contributed by atoms with van der Waals surface area (Å²) in [5, 5.41) is 9.24. The molecule has 2 aromatic heterocycles. The van der Waals surface area contributed by atoms with Gasteiger partial charge in [0.15, 0.2) is 5.13 Å². The normalized spacial score (nSPS) is 10.7. The number of H-pyrrole nitrogens is 1. The molecule has 0 fully saturated rings. The maximum Gasteiger partial charge on any atom is 0.321 e. The quantitative estimate of drug-likeness (QED) is 0.504. The van der Waals surface area contributed by atoms with Gasteiger partial charge in [0.2, 0.25) is 0 Å². The molecule has 0 aliphatic heterocycles. The lowest BCUT2D eigenvalue weighted by atomic mass is 10.2. The van der Waals surface area contributed by atoms with Crippen LogP contribution < -0.4 is 10.6 Å². The zero-order valence-corrected chi connectivity index (χ0v) is 14.1. The van der Waals surface area contributed by atoms with E-state index in [1.165, 1.54) is 11.3 Å². The van der Waals surface area contributed by atoms with Gasteiger partial charge in [0.1, 0.15) is 0 Å². The molecule has 0 bridgehead atoms. The first kappa shape index (κ1) is 15.4. The molecule has 2 aromatic carbocycles. The van der Waals surface area contributed by atoms with Crippen LogP contribution >= 0.6 is 11.3 Å². The zero-order chi connectivity index (χ0) is 17.1. The molecule has 0 atom stereocenters. The van der Waals surface area contributed by atoms with Gasteiger partial charge in [0, 0.05) is 22.8 Å². The molecule has 0 unspecified atom stereocenters. The largest absolute Gasteiger partial charge is 0.353 e. The number of nitrogens with zero attached hydrogens (tertiary/aromatic N) is 1. The smallest absolute Gasteiger partial charge is 0.321 e. The highest BCUT2D eigenvalue weighted by Gasteiger charge is 2.09. The lowest BCUT2D eigenvalue weighted by molar-refractivity contribution is 0.251. The fourth-order valence-electron chi connectivity index (χ4n) is 2.59. The van der Waals surface area contributed by atoms with Gasteiger partial charge in [-0.05, 0) is 17.7 Å². The SMILES string of the molecule is O=C(NCc1ccccc1)Nc1nc(-c2cc3ccccc3[nH]2)cs1. The minimum Gasteiger partial charge on any atom is -0.353 e. The van der Waals surface area contributed by atoms with Crippen molar-refractivity contribution in [2.75, 3.05) is 5.32 Å². The van der Waals surface area contributed by atoms with Crippen LogP contribution in [-0.2, 0) is 6.54 Å². The summed E-state index contributed by atoms with van der Waals surface area (Å²) >= 11 is 1.40. The minimum atomic E-state index is -0.263. The fraction of sp³-hybridized carbons (Fsp3) is 0.0526. The number of aromatic nitrogens is 2. The first-order valence-electron chi connectivity index (χ1n) is 7.90. The number of fused-ring (bicyclic) bond motifs is 1. The Balaban J connectivity index is 1.41. The Bertz CT molecular complexity index is 973. The molecule has 124 valence electrons. The molecular formula is C19H16N4OS. The van der Waals surface area contributed by atoms with E-state index >= 15 is 0 Å². The van der Waals surface area contributed by atoms with Crippen LogP contribution in [0.15, 0.2) is 66.0 Å². The van der Waals surface area contributed by atoms with Crippen molar-refractivity contribution in [3.05, 3.63) is 71.6 Å². The summed E-state index contributed by atoms with van der Waals surface area (Å²) in [5.41, 5.74) is 3.88. The second-order valence-corrected chi connectivity index (χ2v) is 6.46. The second kappa shape index (κ2) is 6.78. The van der Waals surface area contributed by atoms with Gasteiger partial charge in [0.05, 0.1) is 11.4 Å². The molecule has 0 aliphatic rings. The van der Waals surface area contributed by atoms with Crippen LogP contribution in [0.2, 0.25) is 0 Å². The Morgan fingerprint density at radius 2 is 1.88 bits per heavy atom. The molecule has 3 N–H and O–H groups in total. The van der Waals surface area contributed by atoms with E-state index in [0.29, 0.717) is 11.7 Å². The summed E-state index contributed by atoms with van der Waals surface area (Å²) in [6.45, 7) is 0.479. The number of rotatable bonds is 4. The summed E-state index contributed by atoms with van der Waals surface area (Å²) in [7, 11) is 0. The predicted molar refractivity (Wildman–Crippen MR) is 102 cm³/mol. The molecular weight excluding hydrogens is 332 g/mol. The molecule has 4 rings (SSSR count). The van der Waals surface area contributed by atoms with Crippen LogP contribution in [0.5, 0.6) is 0 Å². The van der Waals surface area contributed by atoms with Crippen molar-refractivity contribution in [1.29, 1.82) is 0 Å². The molecule has 5 nitrogen and oxygen atoms in total. The van der Waals surface area contributed by atoms with Crippen LogP contribution in [0.1, 0.15) is 5.56 Å². The van der Waals surface area contributed by atoms with Crippen LogP contribution in [0.4, 0.5) is 9.93 Å². The summed E-state index contributed by atoms with van der Waals surface area (Å²) in [6, 6.07) is 19.7. The van der Waals surface area contributed by atoms with Crippen molar-refractivity contribution in [1.82, 2.24) is 15.3 Å². The van der Waals surface area contributed by atoms with E-state index in [9.17, 15) is 4.79 Å². The number of hydrogen-bond donors (Lipinski definition) is 3. The van der Waals surface area contributed by atoms with Crippen LogP contribution in [-0.4, -0.2) is 16.0 Å². The number of carbonyl (C=O) groups is 1. The number of thiazole rings is 1. The minimum absolute atomic E-state index is 0.263. The number of nitrogens with one attached hydrogen (secondary N) is 3. The van der Waals surface area contributed by atoms with Crippen molar-refractivity contribution in [3.8, 4) is 11.4 Å². The summed E-state index contributed by atoms with van der Waals surface area (Å²) in [6.07, 6.45) is 0. The average molecular weight is 348 g/mol. The molecule has 2 amide bonds. The van der Waals surface area contributed by atoms with Gasteiger partial charge in [-0.2, -0.15) is 0 Å². The van der Waals surface area contributed by atoms with Gasteiger partial charge in [-0.15, -0.1) is 11.3 Å². The number of hydrogen-bond acceptors (Lipinski definition) is 3. The Morgan fingerprint density at radius 3 is 2.72 bits per heavy atom. The number of urea groups is 1. The van der Waals surface area contributed by atoms with Crippen molar-refractivity contribution in [2.45, 2.75) is 6.54 Å². The molecule has 0 saturated carbocycles. The van der Waals surface area contributed by atoms with Gasteiger partial charge >= 0.3 is 6.03 Å². The van der Waals surface area contributed by atoms with Crippen LogP contribution in [0.3, 0.4) is 0 Å². The van der Waals surface area contributed by atoms with Crippen molar-refractivity contribution in [3.63, 3.8) is 0 Å². The number of anilines is 1. The highest BCUT2D eigenvalue weighted by atomic mass is 32.1. The van der Waals surface area contributed by atoms with Crippen LogP contribution in [0, 0.1) is 0 Å². The lowest BCUT2D eigenvalue weighted by Gasteiger charge is -2.05. The van der Waals surface area contributed by atoms with E-state index in [1.807, 2.05) is 53.9 Å². The standard InChI is InChI=1S/C19H16N4OS/c24-18(20-11-13-6-2-1-3-7-13)23-19-22-17(12-25-19)16-10-14-8-4-5-9-15(14)21-16/h1-10,12,21H,11H2,(H2,20,22,23,24). The fourth-order valence-corrected chi connectivity index (χ4v) is 3.29. The van der Waals surface area contributed by atoms with E-state index < -0.39 is 0 Å². The third kappa shape index (κ3) is 3.54. The first-order chi connectivity index (χ1) is 12.3. The Morgan fingerprint density at radius 1 is 1.08 bits per heavy atom. The van der Waals surface area contributed by atoms with Gasteiger partial charge in [-0.25, -0.2) is 9.78 Å². The number of carbonyl (C=O) groups excluding carboxylic acids is 1. The Hall–Kier alpha value is -3.12. The van der Waals surface area contributed by atoms with E-state index in [4.69, 9.17) is 0 Å². The van der Waals surface area contributed by atoms with Crippen LogP contribution in [0.25, 0.3) is 22.3 Å². The lowest BCUT2D eigenvalue weighted by Crippen LogP contribution is -2.28. The van der Waals surface area contributed by atoms with Gasteiger partial charge in [-0.3, -0.25) is 5.32 Å². The summed E-state index contributed by atoms with van der Waals surface area (Å²) in [4.78, 5) is 19.8. The molecule has 6 heteroatoms. The van der Waals surface area contributed by atoms with Crippen molar-refractivity contribution in [2.24, 2.45) is 0 Å². The maximum absolute atomic E-state index is 12.0. The molecule has 0 aliphatic carbocycles. The van der Waals surface area contributed by atoms with Gasteiger partial charge in [-0.1, -0.05) is 48.5 Å². The third-order valence-corrected chi connectivity index (χ3v) is 4.58. The molecule has 2 heterocycles. The topological polar surface area (TPSA) is 69.8 Å². The Kier molecular flexibility index (Phi) is 4.18. The third-order valence-electron chi connectivity index (χ3n) is 3.83. The average Bonchev–Trinajstić information content (AvgIpc) is 3.27. The van der Waals surface area contributed by atoms with E-state index in [-0.39, 0.29) is 6.03 Å². The monoisotopic (exact) mass is 348 g/mol. The highest BCUT2D eigenvalue weighted by molar-refractivity contribution is 7.14. The summed E-state index contributed by atoms with van der Waals surface area (Å²) < 4.78 is 0. The molecule has 25 heavy (non-hydrogen) atoms. The summed E-state index contributed by atoms with van der Waals surface area (Å²) in [5.74, 6) is 0.